The molecule has 1 saturated heterocycles. The van der Waals surface area contributed by atoms with Crippen molar-refractivity contribution in [3.8, 4) is 0 Å². The molecule has 0 aromatic heterocycles. The fraction of sp³-hybridized carbons (Fsp3) is 0.600. The topological polar surface area (TPSA) is 49.4 Å². The average Bonchev–Trinajstić information content (AvgIpc) is 2.34. The Morgan fingerprint density at radius 3 is 2.90 bits per heavy atom. The summed E-state index contributed by atoms with van der Waals surface area (Å²) in [6.45, 7) is 0. The summed E-state index contributed by atoms with van der Waals surface area (Å²) in [5.74, 6) is 0.607. The van der Waals surface area contributed by atoms with Gasteiger partial charge in [-0.25, -0.2) is 9.10 Å². The molecule has 0 saturated carbocycles. The van der Waals surface area contributed by atoms with Gasteiger partial charge >= 0.3 is 6.03 Å². The van der Waals surface area contributed by atoms with Crippen molar-refractivity contribution < 1.29 is 9.59 Å². The number of nitrogens with one attached hydrogen (secondary N) is 1. The van der Waals surface area contributed by atoms with Crippen LogP contribution in [0.1, 0.15) is 6.42 Å². The van der Waals surface area contributed by atoms with Crippen LogP contribution in [0, 0.1) is 0 Å². The second kappa shape index (κ2) is 2.92. The lowest BCUT2D eigenvalue weighted by atomic mass is 10.5. The fourth-order valence-electron chi connectivity index (χ4n) is 0.671. The minimum Gasteiger partial charge on any atom is -0.340 e. The Hall–Kier alpha value is -0.710. The van der Waals surface area contributed by atoms with E-state index in [2.05, 4.69) is 5.32 Å². The number of hydrogen-bond acceptors (Lipinski definition) is 3. The number of carbonyl (C=O) groups excluding carboxylic acids is 2. The summed E-state index contributed by atoms with van der Waals surface area (Å²) in [6.07, 6.45) is 0.470. The molecule has 1 aliphatic heterocycles. The summed E-state index contributed by atoms with van der Waals surface area (Å²) in [5, 5.41) is 2.38. The van der Waals surface area contributed by atoms with Crippen molar-refractivity contribution in [3.63, 3.8) is 0 Å². The van der Waals surface area contributed by atoms with E-state index in [1.807, 2.05) is 0 Å². The molecule has 0 spiro atoms. The normalized spacial score (nSPS) is 17.7. The Labute approximate surface area is 63.1 Å². The van der Waals surface area contributed by atoms with E-state index in [9.17, 15) is 9.59 Å². The van der Waals surface area contributed by atoms with Crippen LogP contribution in [-0.4, -0.2) is 29.0 Å². The standard InChI is InChI=1S/C5H8N2O2S/c1-6-5(9)7-4(8)2-3-10-7/h2-3H2,1H3,(H,6,9). The van der Waals surface area contributed by atoms with Gasteiger partial charge in [0.15, 0.2) is 0 Å². The number of urea groups is 1. The molecule has 56 valence electrons. The Kier molecular flexibility index (Phi) is 2.16. The highest BCUT2D eigenvalue weighted by Gasteiger charge is 2.26. The van der Waals surface area contributed by atoms with E-state index < -0.39 is 0 Å². The van der Waals surface area contributed by atoms with Crippen LogP contribution in [-0.2, 0) is 4.79 Å². The van der Waals surface area contributed by atoms with Crippen molar-refractivity contribution in [3.05, 3.63) is 0 Å². The smallest absolute Gasteiger partial charge is 0.334 e. The second-order valence-corrected chi connectivity index (χ2v) is 2.86. The zero-order valence-corrected chi connectivity index (χ0v) is 6.40. The zero-order valence-electron chi connectivity index (χ0n) is 5.59. The van der Waals surface area contributed by atoms with Crippen molar-refractivity contribution in [2.75, 3.05) is 12.8 Å². The summed E-state index contributed by atoms with van der Waals surface area (Å²) < 4.78 is 1.15. The molecule has 10 heavy (non-hydrogen) atoms. The van der Waals surface area contributed by atoms with Crippen LogP contribution in [0.4, 0.5) is 4.79 Å². The van der Waals surface area contributed by atoms with E-state index in [-0.39, 0.29) is 11.9 Å². The molecule has 0 bridgehead atoms. The average molecular weight is 160 g/mol. The van der Waals surface area contributed by atoms with Crippen molar-refractivity contribution in [2.45, 2.75) is 6.42 Å². The highest BCUT2D eigenvalue weighted by Crippen LogP contribution is 2.20. The Balaban J connectivity index is 2.55. The van der Waals surface area contributed by atoms with Crippen LogP contribution in [0.3, 0.4) is 0 Å². The third kappa shape index (κ3) is 1.23. The second-order valence-electron chi connectivity index (χ2n) is 1.83. The number of amides is 3. The van der Waals surface area contributed by atoms with Crippen LogP contribution in [0.2, 0.25) is 0 Å². The van der Waals surface area contributed by atoms with Crippen molar-refractivity contribution in [1.29, 1.82) is 0 Å². The first-order chi connectivity index (χ1) is 4.75. The first-order valence-electron chi connectivity index (χ1n) is 2.93. The predicted molar refractivity (Wildman–Crippen MR) is 38.4 cm³/mol. The van der Waals surface area contributed by atoms with Gasteiger partial charge in [0.05, 0.1) is 0 Å². The first-order valence-corrected chi connectivity index (χ1v) is 3.87. The Bertz CT molecular complexity index is 171. The van der Waals surface area contributed by atoms with Gasteiger partial charge in [-0.15, -0.1) is 0 Å². The van der Waals surface area contributed by atoms with Gasteiger partial charge in [0.25, 0.3) is 0 Å². The summed E-state index contributed by atoms with van der Waals surface area (Å²) in [6, 6.07) is -0.326. The molecule has 1 N–H and O–H groups in total. The lowest BCUT2D eigenvalue weighted by Gasteiger charge is -2.09. The maximum atomic E-state index is 10.8. The third-order valence-electron chi connectivity index (χ3n) is 1.16. The van der Waals surface area contributed by atoms with E-state index in [0.29, 0.717) is 12.2 Å². The van der Waals surface area contributed by atoms with Gasteiger partial charge in [0.1, 0.15) is 0 Å². The quantitative estimate of drug-likeness (QED) is 0.515. The predicted octanol–water partition coefficient (Wildman–Crippen LogP) is 0.206. The van der Waals surface area contributed by atoms with E-state index in [1.54, 1.807) is 0 Å². The van der Waals surface area contributed by atoms with Gasteiger partial charge in [0, 0.05) is 19.2 Å². The third-order valence-corrected chi connectivity index (χ3v) is 2.18. The lowest BCUT2D eigenvalue weighted by molar-refractivity contribution is -0.123. The SMILES string of the molecule is CNC(=O)N1SCCC1=O. The molecule has 0 atom stereocenters. The minimum absolute atomic E-state index is 0.107. The molecule has 1 heterocycles. The monoisotopic (exact) mass is 160 g/mol. The maximum Gasteiger partial charge on any atom is 0.334 e. The molecule has 1 aliphatic rings. The molecule has 0 unspecified atom stereocenters. The Morgan fingerprint density at radius 2 is 2.50 bits per heavy atom. The Morgan fingerprint density at radius 1 is 1.80 bits per heavy atom. The molecule has 0 aliphatic carbocycles. The maximum absolute atomic E-state index is 10.8. The van der Waals surface area contributed by atoms with E-state index in [0.717, 1.165) is 4.31 Å². The molecule has 0 aromatic carbocycles. The number of rotatable bonds is 0. The van der Waals surface area contributed by atoms with E-state index >= 15 is 0 Å². The van der Waals surface area contributed by atoms with Crippen LogP contribution in [0.25, 0.3) is 0 Å². The van der Waals surface area contributed by atoms with Crippen molar-refractivity contribution >= 4 is 23.9 Å². The number of imide groups is 1. The molecule has 0 radical (unpaired) electrons. The number of hydrogen-bond donors (Lipinski definition) is 1. The highest BCUT2D eigenvalue weighted by atomic mass is 32.2. The van der Waals surface area contributed by atoms with Gasteiger partial charge in [-0.2, -0.15) is 0 Å². The molecule has 4 nitrogen and oxygen atoms in total. The number of nitrogens with zero attached hydrogens (tertiary/aromatic N) is 1. The van der Waals surface area contributed by atoms with Gasteiger partial charge < -0.3 is 5.32 Å². The van der Waals surface area contributed by atoms with Gasteiger partial charge in [0.2, 0.25) is 5.91 Å². The largest absolute Gasteiger partial charge is 0.340 e. The molecular weight excluding hydrogens is 152 g/mol. The molecule has 3 amide bonds. The van der Waals surface area contributed by atoms with Crippen LogP contribution in [0.5, 0.6) is 0 Å². The van der Waals surface area contributed by atoms with Gasteiger partial charge in [-0.3, -0.25) is 4.79 Å². The van der Waals surface area contributed by atoms with Crippen LogP contribution >= 0.6 is 11.9 Å². The van der Waals surface area contributed by atoms with Gasteiger partial charge in [-0.05, 0) is 11.9 Å². The summed E-state index contributed by atoms with van der Waals surface area (Å²) in [4.78, 5) is 21.6. The van der Waals surface area contributed by atoms with Gasteiger partial charge in [-0.1, -0.05) is 0 Å². The van der Waals surface area contributed by atoms with Crippen molar-refractivity contribution in [1.82, 2.24) is 9.62 Å². The lowest BCUT2D eigenvalue weighted by Crippen LogP contribution is -2.34. The minimum atomic E-state index is -0.326. The van der Waals surface area contributed by atoms with Crippen LogP contribution in [0.15, 0.2) is 0 Å². The summed E-state index contributed by atoms with van der Waals surface area (Å²) in [7, 11) is 1.51. The summed E-state index contributed by atoms with van der Waals surface area (Å²) in [5.41, 5.74) is 0. The van der Waals surface area contributed by atoms with E-state index in [4.69, 9.17) is 0 Å². The molecule has 1 fully saturated rings. The molecule has 0 aromatic rings. The zero-order chi connectivity index (χ0) is 7.56. The van der Waals surface area contributed by atoms with E-state index in [1.165, 1.54) is 19.0 Å². The first kappa shape index (κ1) is 7.40. The van der Waals surface area contributed by atoms with Crippen molar-refractivity contribution in [2.24, 2.45) is 0 Å². The fourth-order valence-corrected chi connectivity index (χ4v) is 1.56. The highest BCUT2D eigenvalue weighted by molar-refractivity contribution is 7.98. The number of carbonyl (C=O) groups is 2. The molecular formula is C5H8N2O2S. The molecule has 5 heteroatoms. The summed E-state index contributed by atoms with van der Waals surface area (Å²) >= 11 is 1.25. The van der Waals surface area contributed by atoms with Crippen LogP contribution < -0.4 is 5.32 Å². The molecule has 1 rings (SSSR count).